The van der Waals surface area contributed by atoms with E-state index in [1.54, 1.807) is 0 Å². The molecule has 2 aromatic rings. The number of unbranched alkanes of at least 4 members (excludes halogenated alkanes) is 3. The maximum atomic E-state index is 5.81. The normalized spacial score (nSPS) is 10.7. The molecule has 2 nitrogen and oxygen atoms in total. The fraction of sp³-hybridized carbons (Fsp3) is 0.455. The summed E-state index contributed by atoms with van der Waals surface area (Å²) in [6, 6.07) is 12.6. The minimum absolute atomic E-state index is 0.792. The van der Waals surface area contributed by atoms with Crippen LogP contribution in [0.5, 0.6) is 11.5 Å². The summed E-state index contributed by atoms with van der Waals surface area (Å²) in [7, 11) is 0. The first-order valence-corrected chi connectivity index (χ1v) is 8.96. The Morgan fingerprint density at radius 2 is 0.958 bits per heavy atom. The van der Waals surface area contributed by atoms with Gasteiger partial charge in [0.25, 0.3) is 0 Å². The summed E-state index contributed by atoms with van der Waals surface area (Å²) in [4.78, 5) is 0. The summed E-state index contributed by atoms with van der Waals surface area (Å²) < 4.78 is 11.6. The van der Waals surface area contributed by atoms with E-state index in [9.17, 15) is 0 Å². The summed E-state index contributed by atoms with van der Waals surface area (Å²) in [6.07, 6.45) is 4.55. The molecule has 0 N–H and O–H groups in total. The zero-order chi connectivity index (χ0) is 17.4. The predicted octanol–water partition coefficient (Wildman–Crippen LogP) is 5.94. The molecular weight excluding hydrogens is 296 g/mol. The van der Waals surface area contributed by atoms with E-state index < -0.39 is 0 Å². The highest BCUT2D eigenvalue weighted by molar-refractivity contribution is 5.34. The lowest BCUT2D eigenvalue weighted by atomic mass is 10.1. The van der Waals surface area contributed by atoms with Crippen molar-refractivity contribution in [3.8, 4) is 11.5 Å². The van der Waals surface area contributed by atoms with Crippen LogP contribution in [-0.4, -0.2) is 13.2 Å². The van der Waals surface area contributed by atoms with Crippen molar-refractivity contribution in [3.05, 3.63) is 58.7 Å². The lowest BCUT2D eigenvalue weighted by Crippen LogP contribution is -2.00. The van der Waals surface area contributed by atoms with Gasteiger partial charge in [0.15, 0.2) is 0 Å². The maximum absolute atomic E-state index is 5.81. The van der Waals surface area contributed by atoms with Gasteiger partial charge in [0.1, 0.15) is 11.5 Å². The smallest absolute Gasteiger partial charge is 0.119 e. The van der Waals surface area contributed by atoms with Crippen LogP contribution < -0.4 is 9.47 Å². The maximum Gasteiger partial charge on any atom is 0.119 e. The van der Waals surface area contributed by atoms with Crippen LogP contribution in [0.15, 0.2) is 36.4 Å². The molecule has 24 heavy (non-hydrogen) atoms. The average Bonchev–Trinajstić information content (AvgIpc) is 2.56. The highest BCUT2D eigenvalue weighted by Gasteiger charge is 1.99. The summed E-state index contributed by atoms with van der Waals surface area (Å²) in [5.41, 5.74) is 5.20. The molecule has 0 fully saturated rings. The standard InChI is InChI=1S/C22H30O2/c1-17-9-11-21(15-19(17)3)23-13-7-5-6-8-14-24-22-12-10-18(2)20(4)16-22/h9-12,15-16H,5-8,13-14H2,1-4H3. The van der Waals surface area contributed by atoms with E-state index in [2.05, 4.69) is 64.1 Å². The molecule has 0 unspecified atom stereocenters. The molecule has 2 aromatic carbocycles. The molecule has 0 heterocycles. The van der Waals surface area contributed by atoms with Crippen molar-refractivity contribution in [3.63, 3.8) is 0 Å². The van der Waals surface area contributed by atoms with E-state index in [0.717, 1.165) is 37.6 Å². The zero-order valence-corrected chi connectivity index (χ0v) is 15.5. The largest absolute Gasteiger partial charge is 0.494 e. The number of hydrogen-bond donors (Lipinski definition) is 0. The first-order chi connectivity index (χ1) is 11.6. The van der Waals surface area contributed by atoms with E-state index in [1.807, 2.05) is 0 Å². The van der Waals surface area contributed by atoms with Gasteiger partial charge in [-0.3, -0.25) is 0 Å². The molecule has 2 heteroatoms. The molecule has 0 bridgehead atoms. The van der Waals surface area contributed by atoms with Crippen molar-refractivity contribution in [1.29, 1.82) is 0 Å². The van der Waals surface area contributed by atoms with Gasteiger partial charge in [0.2, 0.25) is 0 Å². The molecule has 0 aliphatic carbocycles. The van der Waals surface area contributed by atoms with E-state index in [1.165, 1.54) is 35.1 Å². The zero-order valence-electron chi connectivity index (χ0n) is 15.5. The van der Waals surface area contributed by atoms with Gasteiger partial charge >= 0.3 is 0 Å². The van der Waals surface area contributed by atoms with Crippen molar-refractivity contribution in [2.45, 2.75) is 53.4 Å². The Balaban J connectivity index is 1.53. The first kappa shape index (κ1) is 18.4. The lowest BCUT2D eigenvalue weighted by molar-refractivity contribution is 0.287. The van der Waals surface area contributed by atoms with Crippen LogP contribution in [0.25, 0.3) is 0 Å². The molecule has 0 radical (unpaired) electrons. The monoisotopic (exact) mass is 326 g/mol. The van der Waals surface area contributed by atoms with E-state index in [-0.39, 0.29) is 0 Å². The van der Waals surface area contributed by atoms with Crippen LogP contribution in [0.3, 0.4) is 0 Å². The topological polar surface area (TPSA) is 18.5 Å². The Kier molecular flexibility index (Phi) is 7.17. The van der Waals surface area contributed by atoms with E-state index in [4.69, 9.17) is 9.47 Å². The molecule has 0 atom stereocenters. The highest BCUT2D eigenvalue weighted by atomic mass is 16.5. The molecule has 130 valence electrons. The number of benzene rings is 2. The molecule has 0 spiro atoms. The predicted molar refractivity (Wildman–Crippen MR) is 101 cm³/mol. The SMILES string of the molecule is Cc1ccc(OCCCCCCOc2ccc(C)c(C)c2)cc1C. The number of ether oxygens (including phenoxy) is 2. The van der Waals surface area contributed by atoms with Gasteiger partial charge in [-0.05, 0) is 99.9 Å². The van der Waals surface area contributed by atoms with Crippen LogP contribution in [0.4, 0.5) is 0 Å². The molecular formula is C22H30O2. The van der Waals surface area contributed by atoms with Gasteiger partial charge in [0, 0.05) is 0 Å². The summed E-state index contributed by atoms with van der Waals surface area (Å²) >= 11 is 0. The fourth-order valence-corrected chi connectivity index (χ4v) is 2.55. The average molecular weight is 326 g/mol. The second-order valence-electron chi connectivity index (χ2n) is 6.60. The molecule has 0 saturated carbocycles. The highest BCUT2D eigenvalue weighted by Crippen LogP contribution is 2.18. The summed E-state index contributed by atoms with van der Waals surface area (Å²) in [5.74, 6) is 1.97. The Morgan fingerprint density at radius 1 is 0.542 bits per heavy atom. The minimum atomic E-state index is 0.792. The first-order valence-electron chi connectivity index (χ1n) is 8.96. The molecule has 0 amide bonds. The van der Waals surface area contributed by atoms with Crippen molar-refractivity contribution in [1.82, 2.24) is 0 Å². The third-order valence-electron chi connectivity index (χ3n) is 4.53. The Morgan fingerprint density at radius 3 is 1.33 bits per heavy atom. The summed E-state index contributed by atoms with van der Waals surface area (Å²) in [5, 5.41) is 0. The molecule has 2 rings (SSSR count). The lowest BCUT2D eigenvalue weighted by Gasteiger charge is -2.09. The van der Waals surface area contributed by atoms with Crippen molar-refractivity contribution >= 4 is 0 Å². The van der Waals surface area contributed by atoms with Crippen molar-refractivity contribution in [2.24, 2.45) is 0 Å². The minimum Gasteiger partial charge on any atom is -0.494 e. The van der Waals surface area contributed by atoms with E-state index >= 15 is 0 Å². The van der Waals surface area contributed by atoms with Crippen LogP contribution in [0, 0.1) is 27.7 Å². The second-order valence-corrected chi connectivity index (χ2v) is 6.60. The quantitative estimate of drug-likeness (QED) is 0.531. The van der Waals surface area contributed by atoms with Gasteiger partial charge in [0.05, 0.1) is 13.2 Å². The summed E-state index contributed by atoms with van der Waals surface area (Å²) in [6.45, 7) is 10.1. The van der Waals surface area contributed by atoms with Crippen molar-refractivity contribution < 1.29 is 9.47 Å². The Bertz CT molecular complexity index is 589. The van der Waals surface area contributed by atoms with E-state index in [0.29, 0.717) is 0 Å². The fourth-order valence-electron chi connectivity index (χ4n) is 2.55. The van der Waals surface area contributed by atoms with Gasteiger partial charge in [-0.2, -0.15) is 0 Å². The number of hydrogen-bond acceptors (Lipinski definition) is 2. The number of rotatable bonds is 9. The number of aryl methyl sites for hydroxylation is 4. The van der Waals surface area contributed by atoms with Crippen LogP contribution in [0.2, 0.25) is 0 Å². The molecule has 0 aliphatic rings. The Hall–Kier alpha value is -1.96. The van der Waals surface area contributed by atoms with Crippen LogP contribution in [0.1, 0.15) is 47.9 Å². The van der Waals surface area contributed by atoms with Crippen LogP contribution >= 0.6 is 0 Å². The van der Waals surface area contributed by atoms with Gasteiger partial charge in [-0.25, -0.2) is 0 Å². The second kappa shape index (κ2) is 9.36. The third kappa shape index (κ3) is 5.92. The third-order valence-corrected chi connectivity index (χ3v) is 4.53. The van der Waals surface area contributed by atoms with Gasteiger partial charge in [-0.1, -0.05) is 12.1 Å². The molecule has 0 aromatic heterocycles. The molecule has 0 aliphatic heterocycles. The van der Waals surface area contributed by atoms with Crippen LogP contribution in [-0.2, 0) is 0 Å². The molecule has 0 saturated heterocycles. The van der Waals surface area contributed by atoms with Crippen molar-refractivity contribution in [2.75, 3.05) is 13.2 Å². The van der Waals surface area contributed by atoms with Gasteiger partial charge < -0.3 is 9.47 Å². The Labute approximate surface area is 146 Å². The van der Waals surface area contributed by atoms with Gasteiger partial charge in [-0.15, -0.1) is 0 Å².